The normalized spacial score (nSPS) is 14.9. The lowest BCUT2D eigenvalue weighted by Crippen LogP contribution is -2.15. The first-order valence-corrected chi connectivity index (χ1v) is 6.18. The van der Waals surface area contributed by atoms with E-state index in [2.05, 4.69) is 13.8 Å². The lowest BCUT2D eigenvalue weighted by molar-refractivity contribution is -0.122. The van der Waals surface area contributed by atoms with Crippen LogP contribution in [-0.4, -0.2) is 19.0 Å². The Morgan fingerprint density at radius 1 is 1.27 bits per heavy atom. The quantitative estimate of drug-likeness (QED) is 0.586. The predicted octanol–water partition coefficient (Wildman–Crippen LogP) is 3.59. The lowest BCUT2D eigenvalue weighted by Gasteiger charge is -2.14. The molecule has 0 fully saturated rings. The molecular weight excluding hydrogens is 188 g/mol. The van der Waals surface area contributed by atoms with Gasteiger partial charge in [0.2, 0.25) is 0 Å². The van der Waals surface area contributed by atoms with Crippen LogP contribution in [0.25, 0.3) is 0 Å². The number of carbonyl (C=O) groups is 1. The minimum atomic E-state index is 0.0705. The molecule has 0 aliphatic rings. The van der Waals surface area contributed by atoms with Crippen molar-refractivity contribution in [1.29, 1.82) is 0 Å². The van der Waals surface area contributed by atoms with Crippen molar-refractivity contribution in [1.82, 2.24) is 0 Å². The summed E-state index contributed by atoms with van der Waals surface area (Å²) >= 11 is 0. The van der Waals surface area contributed by atoms with Crippen LogP contribution in [0.5, 0.6) is 0 Å². The number of unbranched alkanes of at least 4 members (excludes halogenated alkanes) is 1. The van der Waals surface area contributed by atoms with E-state index in [1.807, 2.05) is 6.92 Å². The molecule has 2 atom stereocenters. The van der Waals surface area contributed by atoms with Gasteiger partial charge in [-0.3, -0.25) is 4.79 Å². The fourth-order valence-electron chi connectivity index (χ4n) is 1.75. The SMILES string of the molecule is CCCCC(CC)CC(=O)CC(C)OC. The van der Waals surface area contributed by atoms with Gasteiger partial charge in [0.1, 0.15) is 5.78 Å². The van der Waals surface area contributed by atoms with Gasteiger partial charge < -0.3 is 4.74 Å². The third-order valence-corrected chi connectivity index (χ3v) is 2.98. The van der Waals surface area contributed by atoms with Crippen LogP contribution in [0.3, 0.4) is 0 Å². The van der Waals surface area contributed by atoms with Crippen molar-refractivity contribution in [2.45, 2.75) is 65.4 Å². The highest BCUT2D eigenvalue weighted by molar-refractivity contribution is 5.79. The third kappa shape index (κ3) is 7.55. The Morgan fingerprint density at radius 2 is 1.93 bits per heavy atom. The van der Waals surface area contributed by atoms with Crippen LogP contribution in [0.15, 0.2) is 0 Å². The van der Waals surface area contributed by atoms with E-state index in [4.69, 9.17) is 4.74 Å². The summed E-state index contributed by atoms with van der Waals surface area (Å²) in [6.07, 6.45) is 6.16. The van der Waals surface area contributed by atoms with Gasteiger partial charge in [-0.25, -0.2) is 0 Å². The van der Waals surface area contributed by atoms with Crippen LogP contribution in [0, 0.1) is 5.92 Å². The van der Waals surface area contributed by atoms with E-state index < -0.39 is 0 Å². The van der Waals surface area contributed by atoms with E-state index in [9.17, 15) is 4.79 Å². The molecule has 2 nitrogen and oxygen atoms in total. The van der Waals surface area contributed by atoms with Crippen molar-refractivity contribution < 1.29 is 9.53 Å². The summed E-state index contributed by atoms with van der Waals surface area (Å²) in [5, 5.41) is 0. The Hall–Kier alpha value is -0.370. The summed E-state index contributed by atoms with van der Waals surface area (Å²) in [6.45, 7) is 6.32. The van der Waals surface area contributed by atoms with Crippen molar-refractivity contribution in [3.8, 4) is 0 Å². The van der Waals surface area contributed by atoms with E-state index in [0.717, 1.165) is 12.8 Å². The van der Waals surface area contributed by atoms with Gasteiger partial charge in [-0.2, -0.15) is 0 Å². The van der Waals surface area contributed by atoms with E-state index in [-0.39, 0.29) is 6.10 Å². The fraction of sp³-hybridized carbons (Fsp3) is 0.923. The number of methoxy groups -OCH3 is 1. The molecule has 0 aliphatic carbocycles. The molecule has 0 saturated carbocycles. The minimum Gasteiger partial charge on any atom is -0.381 e. The Kier molecular flexibility index (Phi) is 8.68. The second-order valence-corrected chi connectivity index (χ2v) is 4.41. The monoisotopic (exact) mass is 214 g/mol. The Bertz CT molecular complexity index is 166. The topological polar surface area (TPSA) is 26.3 Å². The number of rotatable bonds is 9. The number of hydrogen-bond donors (Lipinski definition) is 0. The molecule has 0 amide bonds. The number of carbonyl (C=O) groups excluding carboxylic acids is 1. The minimum absolute atomic E-state index is 0.0705. The summed E-state index contributed by atoms with van der Waals surface area (Å²) in [4.78, 5) is 11.7. The summed E-state index contributed by atoms with van der Waals surface area (Å²) in [5.41, 5.74) is 0. The average Bonchev–Trinajstić information content (AvgIpc) is 2.23. The Morgan fingerprint density at radius 3 is 2.40 bits per heavy atom. The van der Waals surface area contributed by atoms with Gasteiger partial charge in [-0.15, -0.1) is 0 Å². The number of ether oxygens (including phenoxy) is 1. The molecule has 2 heteroatoms. The van der Waals surface area contributed by atoms with Crippen LogP contribution in [0.2, 0.25) is 0 Å². The summed E-state index contributed by atoms with van der Waals surface area (Å²) in [6, 6.07) is 0. The molecule has 0 aromatic heterocycles. The molecule has 0 aliphatic heterocycles. The van der Waals surface area contributed by atoms with Crippen LogP contribution >= 0.6 is 0 Å². The van der Waals surface area contributed by atoms with Crippen molar-refractivity contribution in [3.63, 3.8) is 0 Å². The molecule has 0 radical (unpaired) electrons. The van der Waals surface area contributed by atoms with Gasteiger partial charge in [-0.05, 0) is 12.8 Å². The van der Waals surface area contributed by atoms with Gasteiger partial charge in [0.25, 0.3) is 0 Å². The molecule has 90 valence electrons. The molecule has 0 saturated heterocycles. The van der Waals surface area contributed by atoms with E-state index in [0.29, 0.717) is 18.1 Å². The highest BCUT2D eigenvalue weighted by Crippen LogP contribution is 2.18. The second kappa shape index (κ2) is 8.90. The molecule has 0 N–H and O–H groups in total. The van der Waals surface area contributed by atoms with Gasteiger partial charge in [0, 0.05) is 20.0 Å². The highest BCUT2D eigenvalue weighted by atomic mass is 16.5. The maximum Gasteiger partial charge on any atom is 0.135 e. The average molecular weight is 214 g/mol. The smallest absolute Gasteiger partial charge is 0.135 e. The van der Waals surface area contributed by atoms with Gasteiger partial charge >= 0.3 is 0 Å². The molecule has 15 heavy (non-hydrogen) atoms. The molecule has 0 heterocycles. The molecule has 2 unspecified atom stereocenters. The summed E-state index contributed by atoms with van der Waals surface area (Å²) in [5.74, 6) is 0.939. The molecule has 0 rings (SSSR count). The summed E-state index contributed by atoms with van der Waals surface area (Å²) < 4.78 is 5.10. The van der Waals surface area contributed by atoms with Crippen LogP contribution in [-0.2, 0) is 9.53 Å². The fourth-order valence-corrected chi connectivity index (χ4v) is 1.75. The first-order chi connectivity index (χ1) is 7.13. The maximum atomic E-state index is 11.7. The highest BCUT2D eigenvalue weighted by Gasteiger charge is 2.14. The van der Waals surface area contributed by atoms with Crippen LogP contribution in [0.4, 0.5) is 0 Å². The van der Waals surface area contributed by atoms with Crippen molar-refractivity contribution in [3.05, 3.63) is 0 Å². The van der Waals surface area contributed by atoms with Gasteiger partial charge in [-0.1, -0.05) is 39.5 Å². The first-order valence-electron chi connectivity index (χ1n) is 6.18. The van der Waals surface area contributed by atoms with Crippen molar-refractivity contribution in [2.75, 3.05) is 7.11 Å². The molecule has 0 aromatic carbocycles. The molecule has 0 aromatic rings. The van der Waals surface area contributed by atoms with Gasteiger partial charge in [0.15, 0.2) is 0 Å². The standard InChI is InChI=1S/C13H26O2/c1-5-7-8-12(6-2)10-13(14)9-11(3)15-4/h11-12H,5-10H2,1-4H3. The molecular formula is C13H26O2. The zero-order chi connectivity index (χ0) is 11.7. The zero-order valence-corrected chi connectivity index (χ0v) is 10.7. The Labute approximate surface area is 94.4 Å². The maximum absolute atomic E-state index is 11.7. The van der Waals surface area contributed by atoms with E-state index in [1.54, 1.807) is 7.11 Å². The predicted molar refractivity (Wildman–Crippen MR) is 64.0 cm³/mol. The van der Waals surface area contributed by atoms with Crippen molar-refractivity contribution >= 4 is 5.78 Å². The van der Waals surface area contributed by atoms with Gasteiger partial charge in [0.05, 0.1) is 6.10 Å². The van der Waals surface area contributed by atoms with Crippen LogP contribution in [0.1, 0.15) is 59.3 Å². The third-order valence-electron chi connectivity index (χ3n) is 2.98. The molecule has 0 spiro atoms. The Balaban J connectivity index is 3.79. The van der Waals surface area contributed by atoms with Crippen molar-refractivity contribution in [2.24, 2.45) is 5.92 Å². The number of hydrogen-bond acceptors (Lipinski definition) is 2. The summed E-state index contributed by atoms with van der Waals surface area (Å²) in [7, 11) is 1.66. The largest absolute Gasteiger partial charge is 0.381 e. The lowest BCUT2D eigenvalue weighted by atomic mass is 9.92. The molecule has 0 bridgehead atoms. The second-order valence-electron chi connectivity index (χ2n) is 4.41. The zero-order valence-electron chi connectivity index (χ0n) is 10.7. The van der Waals surface area contributed by atoms with E-state index >= 15 is 0 Å². The number of Topliss-reactive ketones (excluding diaryl/α,β-unsaturated/α-hetero) is 1. The number of ketones is 1. The van der Waals surface area contributed by atoms with Crippen LogP contribution < -0.4 is 0 Å². The first kappa shape index (κ1) is 14.6. The van der Waals surface area contributed by atoms with E-state index in [1.165, 1.54) is 19.3 Å².